The number of hydrogen-bond donors (Lipinski definition) is 1. The molecule has 0 fully saturated rings. The number of hydrogen-bond acceptors (Lipinski definition) is 2. The van der Waals surface area contributed by atoms with E-state index in [0.29, 0.717) is 11.9 Å². The smallest absolute Gasteiger partial charge is 0.308 e. The maximum absolute atomic E-state index is 11.1. The summed E-state index contributed by atoms with van der Waals surface area (Å²) < 4.78 is 0. The summed E-state index contributed by atoms with van der Waals surface area (Å²) in [6.07, 6.45) is 5.62. The minimum absolute atomic E-state index is 0.353. The second kappa shape index (κ2) is 3.35. The third-order valence-corrected chi connectivity index (χ3v) is 1.99. The van der Waals surface area contributed by atoms with Gasteiger partial charge in [-0.1, -0.05) is 18.2 Å². The molecule has 0 aliphatic rings. The fourth-order valence-corrected chi connectivity index (χ4v) is 1.40. The van der Waals surface area contributed by atoms with Crippen molar-refractivity contribution in [3.05, 3.63) is 40.4 Å². The van der Waals surface area contributed by atoms with E-state index in [0.717, 1.165) is 11.1 Å². The van der Waals surface area contributed by atoms with E-state index in [1.165, 1.54) is 0 Å². The van der Waals surface area contributed by atoms with Crippen LogP contribution in [-0.4, -0.2) is 9.97 Å². The van der Waals surface area contributed by atoms with Gasteiger partial charge in [-0.15, -0.1) is 12.3 Å². The number of aromatic nitrogens is 2. The number of benzene rings is 1. The highest BCUT2D eigenvalue weighted by Gasteiger charge is 2.01. The molecule has 1 N–H and O–H groups in total. The molecule has 0 saturated heterocycles. The summed E-state index contributed by atoms with van der Waals surface area (Å²) in [5, 5.41) is 0.907. The van der Waals surface area contributed by atoms with E-state index in [4.69, 9.17) is 6.42 Å². The molecule has 0 bridgehead atoms. The first-order chi connectivity index (χ1) is 6.81. The number of aromatic amines is 1. The average molecular weight is 184 g/mol. The van der Waals surface area contributed by atoms with Crippen LogP contribution in [0.3, 0.4) is 0 Å². The number of nitrogens with zero attached hydrogens (tertiary/aromatic N) is 1. The van der Waals surface area contributed by atoms with Gasteiger partial charge in [0.05, 0.1) is 5.52 Å². The van der Waals surface area contributed by atoms with E-state index in [1.54, 1.807) is 6.07 Å². The zero-order chi connectivity index (χ0) is 9.97. The molecular weight excluding hydrogens is 176 g/mol. The topological polar surface area (TPSA) is 45.8 Å². The van der Waals surface area contributed by atoms with E-state index < -0.39 is 0 Å². The fraction of sp³-hybridized carbons (Fsp3) is 0.0909. The molecule has 0 saturated carbocycles. The summed E-state index contributed by atoms with van der Waals surface area (Å²) in [6, 6.07) is 7.42. The number of H-pyrrole nitrogens is 1. The Morgan fingerprint density at radius 3 is 3.00 bits per heavy atom. The number of terminal acetylenes is 1. The van der Waals surface area contributed by atoms with Crippen LogP contribution in [0.25, 0.3) is 10.9 Å². The summed E-state index contributed by atoms with van der Waals surface area (Å²) in [6.45, 7) is 0. The first-order valence-corrected chi connectivity index (χ1v) is 4.22. The van der Waals surface area contributed by atoms with E-state index >= 15 is 0 Å². The van der Waals surface area contributed by atoms with Gasteiger partial charge in [-0.2, -0.15) is 4.98 Å². The molecule has 2 rings (SSSR count). The quantitative estimate of drug-likeness (QED) is 0.674. The highest BCUT2D eigenvalue weighted by Crippen LogP contribution is 2.12. The third kappa shape index (κ3) is 1.38. The molecule has 0 amide bonds. The lowest BCUT2D eigenvalue weighted by Gasteiger charge is -2.00. The molecule has 3 heteroatoms. The van der Waals surface area contributed by atoms with E-state index in [1.807, 2.05) is 18.2 Å². The highest BCUT2D eigenvalue weighted by atomic mass is 16.1. The van der Waals surface area contributed by atoms with Crippen LogP contribution in [0.15, 0.2) is 29.1 Å². The predicted molar refractivity (Wildman–Crippen MR) is 54.9 cm³/mol. The molecule has 0 aliphatic carbocycles. The highest BCUT2D eigenvalue weighted by molar-refractivity contribution is 5.80. The Kier molecular flexibility index (Phi) is 2.04. The summed E-state index contributed by atoms with van der Waals surface area (Å²) in [7, 11) is 0. The lowest BCUT2D eigenvalue weighted by atomic mass is 10.1. The number of para-hydroxylation sites is 1. The molecular formula is C11H8N2O. The van der Waals surface area contributed by atoms with Gasteiger partial charge in [-0.05, 0) is 6.07 Å². The Morgan fingerprint density at radius 1 is 1.43 bits per heavy atom. The van der Waals surface area contributed by atoms with E-state index in [-0.39, 0.29) is 5.69 Å². The normalized spacial score (nSPS) is 9.93. The van der Waals surface area contributed by atoms with Crippen molar-refractivity contribution in [1.82, 2.24) is 9.97 Å². The molecule has 1 heterocycles. The molecule has 0 radical (unpaired) electrons. The van der Waals surface area contributed by atoms with Crippen molar-refractivity contribution < 1.29 is 0 Å². The Hall–Kier alpha value is -2.08. The van der Waals surface area contributed by atoms with Crippen LogP contribution in [0.1, 0.15) is 5.69 Å². The molecule has 1 aromatic heterocycles. The summed E-state index contributed by atoms with van der Waals surface area (Å²) >= 11 is 0. The van der Waals surface area contributed by atoms with Gasteiger partial charge in [0.15, 0.2) is 0 Å². The van der Waals surface area contributed by atoms with Crippen molar-refractivity contribution in [1.29, 1.82) is 0 Å². The Balaban J connectivity index is 2.81. The largest absolute Gasteiger partial charge is 0.345 e. The lowest BCUT2D eigenvalue weighted by Crippen LogP contribution is -2.12. The fourth-order valence-electron chi connectivity index (χ4n) is 1.40. The maximum Gasteiger partial charge on any atom is 0.345 e. The standard InChI is InChI=1S/C11H8N2O/c1-2-5-9-8-6-3-4-7-10(8)13-11(14)12-9/h1,3-4,6-7H,5H2,(H,12,13,14). The molecule has 3 nitrogen and oxygen atoms in total. The first kappa shape index (κ1) is 8.52. The number of nitrogens with one attached hydrogen (secondary N) is 1. The zero-order valence-electron chi connectivity index (χ0n) is 7.45. The van der Waals surface area contributed by atoms with Crippen LogP contribution in [-0.2, 0) is 6.42 Å². The Morgan fingerprint density at radius 2 is 2.21 bits per heavy atom. The van der Waals surface area contributed by atoms with Gasteiger partial charge in [-0.25, -0.2) is 4.79 Å². The Bertz CT molecular complexity index is 563. The first-order valence-electron chi connectivity index (χ1n) is 4.22. The summed E-state index contributed by atoms with van der Waals surface area (Å²) in [5.74, 6) is 2.51. The van der Waals surface area contributed by atoms with Crippen molar-refractivity contribution >= 4 is 10.9 Å². The summed E-state index contributed by atoms with van der Waals surface area (Å²) in [5.41, 5.74) is 1.08. The van der Waals surface area contributed by atoms with Gasteiger partial charge in [0, 0.05) is 17.5 Å². The average Bonchev–Trinajstić information content (AvgIpc) is 2.18. The van der Waals surface area contributed by atoms with Crippen LogP contribution < -0.4 is 5.69 Å². The third-order valence-electron chi connectivity index (χ3n) is 1.99. The van der Waals surface area contributed by atoms with Gasteiger partial charge >= 0.3 is 5.69 Å². The molecule has 0 aliphatic heterocycles. The molecule has 0 atom stereocenters. The van der Waals surface area contributed by atoms with Gasteiger partial charge in [0.25, 0.3) is 0 Å². The van der Waals surface area contributed by atoms with E-state index in [2.05, 4.69) is 15.9 Å². The number of rotatable bonds is 1. The minimum atomic E-state index is -0.353. The Labute approximate surface area is 80.8 Å². The minimum Gasteiger partial charge on any atom is -0.308 e. The van der Waals surface area contributed by atoms with Crippen molar-refractivity contribution in [2.75, 3.05) is 0 Å². The monoisotopic (exact) mass is 184 g/mol. The lowest BCUT2D eigenvalue weighted by molar-refractivity contribution is 1.04. The van der Waals surface area contributed by atoms with Gasteiger partial charge in [-0.3, -0.25) is 0 Å². The molecule has 14 heavy (non-hydrogen) atoms. The van der Waals surface area contributed by atoms with Crippen molar-refractivity contribution in [3.63, 3.8) is 0 Å². The zero-order valence-corrected chi connectivity index (χ0v) is 7.45. The van der Waals surface area contributed by atoms with Crippen LogP contribution in [0.5, 0.6) is 0 Å². The molecule has 0 unspecified atom stereocenters. The van der Waals surface area contributed by atoms with Crippen LogP contribution in [0.4, 0.5) is 0 Å². The molecule has 1 aromatic carbocycles. The molecule has 0 spiro atoms. The van der Waals surface area contributed by atoms with Gasteiger partial charge in [0.2, 0.25) is 0 Å². The summed E-state index contributed by atoms with van der Waals surface area (Å²) in [4.78, 5) is 17.6. The van der Waals surface area contributed by atoms with Gasteiger partial charge in [0.1, 0.15) is 0 Å². The van der Waals surface area contributed by atoms with Crippen LogP contribution in [0, 0.1) is 12.3 Å². The molecule has 68 valence electrons. The number of fused-ring (bicyclic) bond motifs is 1. The maximum atomic E-state index is 11.1. The van der Waals surface area contributed by atoms with Crippen LogP contribution >= 0.6 is 0 Å². The van der Waals surface area contributed by atoms with E-state index in [9.17, 15) is 4.79 Å². The van der Waals surface area contributed by atoms with Crippen LogP contribution in [0.2, 0.25) is 0 Å². The molecule has 2 aromatic rings. The second-order valence-electron chi connectivity index (χ2n) is 2.92. The predicted octanol–water partition coefficient (Wildman–Crippen LogP) is 1.10. The van der Waals surface area contributed by atoms with Crippen molar-refractivity contribution in [3.8, 4) is 12.3 Å². The second-order valence-corrected chi connectivity index (χ2v) is 2.92. The van der Waals surface area contributed by atoms with Gasteiger partial charge < -0.3 is 4.98 Å². The van der Waals surface area contributed by atoms with Crippen molar-refractivity contribution in [2.45, 2.75) is 6.42 Å². The SMILES string of the molecule is C#CCc1[nH]c(=O)nc2ccccc12. The van der Waals surface area contributed by atoms with Crippen molar-refractivity contribution in [2.24, 2.45) is 0 Å².